The average Bonchev–Trinajstić information content (AvgIpc) is 2.36. The SMILES string of the molecule is CC(C)OCC(=O)Nc1cccc(NC(=O)C(C)C)c1. The molecule has 5 heteroatoms. The van der Waals surface area contributed by atoms with E-state index >= 15 is 0 Å². The lowest BCUT2D eigenvalue weighted by Crippen LogP contribution is -2.21. The Bertz CT molecular complexity index is 470. The molecule has 0 heterocycles. The molecule has 1 rings (SSSR count). The number of amides is 2. The number of carbonyl (C=O) groups is 2. The van der Waals surface area contributed by atoms with E-state index < -0.39 is 0 Å². The van der Waals surface area contributed by atoms with Crippen LogP contribution in [-0.2, 0) is 14.3 Å². The molecule has 0 atom stereocenters. The van der Waals surface area contributed by atoms with Gasteiger partial charge in [0.05, 0.1) is 6.10 Å². The molecular weight excluding hydrogens is 256 g/mol. The summed E-state index contributed by atoms with van der Waals surface area (Å²) in [4.78, 5) is 23.2. The van der Waals surface area contributed by atoms with Crippen LogP contribution in [0.4, 0.5) is 11.4 Å². The third kappa shape index (κ3) is 5.84. The van der Waals surface area contributed by atoms with Crippen LogP contribution in [0.3, 0.4) is 0 Å². The molecule has 0 saturated carbocycles. The molecule has 1 aromatic rings. The number of nitrogens with one attached hydrogen (secondary N) is 2. The van der Waals surface area contributed by atoms with Gasteiger partial charge in [-0.25, -0.2) is 0 Å². The molecule has 0 aromatic heterocycles. The van der Waals surface area contributed by atoms with Crippen molar-refractivity contribution in [3.05, 3.63) is 24.3 Å². The van der Waals surface area contributed by atoms with Crippen molar-refractivity contribution in [1.29, 1.82) is 0 Å². The summed E-state index contributed by atoms with van der Waals surface area (Å²) < 4.78 is 5.22. The number of hydrogen-bond donors (Lipinski definition) is 2. The number of anilines is 2. The van der Waals surface area contributed by atoms with E-state index in [9.17, 15) is 9.59 Å². The minimum absolute atomic E-state index is 0.0115. The molecule has 0 bridgehead atoms. The van der Waals surface area contributed by atoms with Gasteiger partial charge in [0.25, 0.3) is 0 Å². The van der Waals surface area contributed by atoms with Gasteiger partial charge in [-0.1, -0.05) is 19.9 Å². The molecule has 5 nitrogen and oxygen atoms in total. The van der Waals surface area contributed by atoms with Gasteiger partial charge in [-0.05, 0) is 32.0 Å². The zero-order valence-electron chi connectivity index (χ0n) is 12.4. The Hall–Kier alpha value is -1.88. The van der Waals surface area contributed by atoms with Crippen LogP contribution in [0.1, 0.15) is 27.7 Å². The molecule has 1 aromatic carbocycles. The molecule has 0 unspecified atom stereocenters. The normalized spacial score (nSPS) is 10.7. The van der Waals surface area contributed by atoms with Crippen molar-refractivity contribution in [2.24, 2.45) is 5.92 Å². The van der Waals surface area contributed by atoms with Crippen LogP contribution in [0.2, 0.25) is 0 Å². The molecule has 0 radical (unpaired) electrons. The van der Waals surface area contributed by atoms with E-state index in [1.807, 2.05) is 27.7 Å². The summed E-state index contributed by atoms with van der Waals surface area (Å²) in [6.07, 6.45) is 0.0115. The molecule has 20 heavy (non-hydrogen) atoms. The van der Waals surface area contributed by atoms with Crippen molar-refractivity contribution < 1.29 is 14.3 Å². The summed E-state index contributed by atoms with van der Waals surface area (Å²) in [6.45, 7) is 7.40. The van der Waals surface area contributed by atoms with Crippen molar-refractivity contribution in [2.75, 3.05) is 17.2 Å². The van der Waals surface area contributed by atoms with E-state index in [1.54, 1.807) is 24.3 Å². The lowest BCUT2D eigenvalue weighted by molar-refractivity contribution is -0.122. The van der Waals surface area contributed by atoms with Crippen LogP contribution in [-0.4, -0.2) is 24.5 Å². The van der Waals surface area contributed by atoms with Crippen LogP contribution < -0.4 is 10.6 Å². The maximum atomic E-state index is 11.6. The van der Waals surface area contributed by atoms with Crippen LogP contribution >= 0.6 is 0 Å². The quantitative estimate of drug-likeness (QED) is 0.840. The summed E-state index contributed by atoms with van der Waals surface area (Å²) in [5.41, 5.74) is 1.29. The number of benzene rings is 1. The first kappa shape index (κ1) is 16.2. The van der Waals surface area contributed by atoms with Crippen molar-refractivity contribution in [1.82, 2.24) is 0 Å². The fourth-order valence-electron chi connectivity index (χ4n) is 1.40. The summed E-state index contributed by atoms with van der Waals surface area (Å²) in [6, 6.07) is 7.03. The first-order chi connectivity index (χ1) is 9.38. The van der Waals surface area contributed by atoms with E-state index in [2.05, 4.69) is 10.6 Å². The second-order valence-corrected chi connectivity index (χ2v) is 5.13. The topological polar surface area (TPSA) is 67.4 Å². The molecule has 2 amide bonds. The maximum Gasteiger partial charge on any atom is 0.250 e. The molecule has 0 fully saturated rings. The van der Waals surface area contributed by atoms with E-state index in [-0.39, 0.29) is 30.4 Å². The Morgan fingerprint density at radius 2 is 1.70 bits per heavy atom. The van der Waals surface area contributed by atoms with Crippen LogP contribution in [0.15, 0.2) is 24.3 Å². The molecule has 2 N–H and O–H groups in total. The number of ether oxygens (including phenoxy) is 1. The summed E-state index contributed by atoms with van der Waals surface area (Å²) in [5, 5.41) is 5.51. The fourth-order valence-corrected chi connectivity index (χ4v) is 1.40. The predicted octanol–water partition coefficient (Wildman–Crippen LogP) is 2.64. The van der Waals surface area contributed by atoms with Gasteiger partial charge in [0.2, 0.25) is 11.8 Å². The molecule has 110 valence electrons. The summed E-state index contributed by atoms with van der Waals surface area (Å²) >= 11 is 0. The van der Waals surface area contributed by atoms with E-state index in [0.29, 0.717) is 11.4 Å². The minimum Gasteiger partial charge on any atom is -0.369 e. The van der Waals surface area contributed by atoms with E-state index in [4.69, 9.17) is 4.74 Å². The molecule has 0 aliphatic heterocycles. The average molecular weight is 278 g/mol. The highest BCUT2D eigenvalue weighted by Crippen LogP contribution is 2.15. The number of hydrogen-bond acceptors (Lipinski definition) is 3. The van der Waals surface area contributed by atoms with Gasteiger partial charge in [-0.3, -0.25) is 9.59 Å². The molecule has 0 aliphatic rings. The summed E-state index contributed by atoms with van der Waals surface area (Å²) in [7, 11) is 0. The Morgan fingerprint density at radius 1 is 1.10 bits per heavy atom. The first-order valence-electron chi connectivity index (χ1n) is 6.71. The second kappa shape index (κ2) is 7.65. The maximum absolute atomic E-state index is 11.6. The Kier molecular flexibility index (Phi) is 6.18. The zero-order chi connectivity index (χ0) is 15.1. The first-order valence-corrected chi connectivity index (χ1v) is 6.71. The van der Waals surface area contributed by atoms with Crippen LogP contribution in [0.25, 0.3) is 0 Å². The van der Waals surface area contributed by atoms with Gasteiger partial charge >= 0.3 is 0 Å². The Balaban J connectivity index is 2.59. The third-order valence-corrected chi connectivity index (χ3v) is 2.49. The van der Waals surface area contributed by atoms with E-state index in [0.717, 1.165) is 0 Å². The lowest BCUT2D eigenvalue weighted by atomic mass is 10.2. The van der Waals surface area contributed by atoms with E-state index in [1.165, 1.54) is 0 Å². The highest BCUT2D eigenvalue weighted by Gasteiger charge is 2.08. The lowest BCUT2D eigenvalue weighted by Gasteiger charge is -2.11. The highest BCUT2D eigenvalue weighted by molar-refractivity contribution is 5.95. The van der Waals surface area contributed by atoms with Gasteiger partial charge in [-0.15, -0.1) is 0 Å². The monoisotopic (exact) mass is 278 g/mol. The number of carbonyl (C=O) groups excluding carboxylic acids is 2. The van der Waals surface area contributed by atoms with Crippen LogP contribution in [0, 0.1) is 5.92 Å². The van der Waals surface area contributed by atoms with Gasteiger partial charge in [0, 0.05) is 17.3 Å². The largest absolute Gasteiger partial charge is 0.369 e. The van der Waals surface area contributed by atoms with Gasteiger partial charge < -0.3 is 15.4 Å². The standard InChI is InChI=1S/C15H22N2O3/c1-10(2)15(19)17-13-7-5-6-12(8-13)16-14(18)9-20-11(3)4/h5-8,10-11H,9H2,1-4H3,(H,16,18)(H,17,19). The second-order valence-electron chi connectivity index (χ2n) is 5.13. The Labute approximate surface area is 119 Å². The van der Waals surface area contributed by atoms with Gasteiger partial charge in [0.1, 0.15) is 6.61 Å². The number of rotatable bonds is 6. The molecule has 0 spiro atoms. The van der Waals surface area contributed by atoms with Crippen LogP contribution in [0.5, 0.6) is 0 Å². The minimum atomic E-state index is -0.217. The fraction of sp³-hybridized carbons (Fsp3) is 0.467. The van der Waals surface area contributed by atoms with Crippen molar-refractivity contribution >= 4 is 23.2 Å². The summed E-state index contributed by atoms with van der Waals surface area (Å²) in [5.74, 6) is -0.365. The van der Waals surface area contributed by atoms with Crippen molar-refractivity contribution in [3.63, 3.8) is 0 Å². The zero-order valence-corrected chi connectivity index (χ0v) is 12.4. The van der Waals surface area contributed by atoms with Gasteiger partial charge in [-0.2, -0.15) is 0 Å². The highest BCUT2D eigenvalue weighted by atomic mass is 16.5. The van der Waals surface area contributed by atoms with Gasteiger partial charge in [0.15, 0.2) is 0 Å². The third-order valence-electron chi connectivity index (χ3n) is 2.49. The molecular formula is C15H22N2O3. The molecule has 0 saturated heterocycles. The predicted molar refractivity (Wildman–Crippen MR) is 79.6 cm³/mol. The Morgan fingerprint density at radius 3 is 2.25 bits per heavy atom. The van der Waals surface area contributed by atoms with Crippen molar-refractivity contribution in [3.8, 4) is 0 Å². The molecule has 0 aliphatic carbocycles. The van der Waals surface area contributed by atoms with Crippen molar-refractivity contribution in [2.45, 2.75) is 33.8 Å². The smallest absolute Gasteiger partial charge is 0.250 e.